The largest absolute Gasteiger partial charge is 0.380 e. The normalized spacial score (nSPS) is 14.3. The Morgan fingerprint density at radius 3 is 2.63 bits per heavy atom. The molecule has 0 aliphatic rings. The van der Waals surface area contributed by atoms with Crippen LogP contribution in [0.3, 0.4) is 0 Å². The van der Waals surface area contributed by atoms with E-state index in [4.69, 9.17) is 11.6 Å². The Balaban J connectivity index is 2.38. The van der Waals surface area contributed by atoms with Gasteiger partial charge in [0.05, 0.1) is 6.20 Å². The van der Waals surface area contributed by atoms with E-state index in [9.17, 15) is 5.11 Å². The van der Waals surface area contributed by atoms with Crippen LogP contribution in [0.25, 0.3) is 0 Å². The number of nitrogens with zero attached hydrogens (tertiary/aromatic N) is 2. The number of aromatic nitrogens is 2. The number of hydrogen-bond donors (Lipinski definition) is 1. The van der Waals surface area contributed by atoms with Gasteiger partial charge in [0, 0.05) is 24.2 Å². The Morgan fingerprint density at radius 1 is 1.26 bits per heavy atom. The van der Waals surface area contributed by atoms with E-state index in [-0.39, 0.29) is 0 Å². The first-order chi connectivity index (χ1) is 9.20. The Hall–Kier alpha value is -1.32. The van der Waals surface area contributed by atoms with Crippen molar-refractivity contribution in [3.63, 3.8) is 0 Å². The van der Waals surface area contributed by atoms with Crippen LogP contribution in [0.2, 0.25) is 0 Å². The van der Waals surface area contributed by atoms with E-state index < -0.39 is 5.60 Å². The maximum absolute atomic E-state index is 11.0. The maximum atomic E-state index is 11.0. The second kappa shape index (κ2) is 6.22. The lowest BCUT2D eigenvalue weighted by Gasteiger charge is -2.27. The predicted molar refractivity (Wildman–Crippen MR) is 77.3 cm³/mol. The van der Waals surface area contributed by atoms with Gasteiger partial charge in [-0.3, -0.25) is 4.68 Å². The average Bonchev–Trinajstić information content (AvgIpc) is 2.90. The van der Waals surface area contributed by atoms with E-state index in [1.165, 1.54) is 0 Å². The average molecular weight is 279 g/mol. The number of aryl methyl sites for hydroxylation is 1. The minimum Gasteiger partial charge on any atom is -0.380 e. The van der Waals surface area contributed by atoms with Crippen molar-refractivity contribution < 1.29 is 5.11 Å². The molecule has 4 heteroatoms. The fraction of sp³-hybridized carbons (Fsp3) is 0.400. The van der Waals surface area contributed by atoms with Gasteiger partial charge in [-0.05, 0) is 18.4 Å². The van der Waals surface area contributed by atoms with Crippen LogP contribution in [0.1, 0.15) is 30.9 Å². The molecule has 0 radical (unpaired) electrons. The molecule has 0 saturated carbocycles. The SMILES string of the molecule is CCCn1cc(C(O)(CCCl)c2ccccc2)cn1. The van der Waals surface area contributed by atoms with Crippen LogP contribution in [0.15, 0.2) is 42.7 Å². The molecule has 0 bridgehead atoms. The van der Waals surface area contributed by atoms with Gasteiger partial charge in [0.1, 0.15) is 5.60 Å². The third-order valence-electron chi connectivity index (χ3n) is 3.27. The highest BCUT2D eigenvalue weighted by atomic mass is 35.5. The maximum Gasteiger partial charge on any atom is 0.119 e. The number of rotatable bonds is 6. The summed E-state index contributed by atoms with van der Waals surface area (Å²) in [5.41, 5.74) is 0.592. The molecule has 1 N–H and O–H groups in total. The summed E-state index contributed by atoms with van der Waals surface area (Å²) in [5.74, 6) is 0.393. The summed E-state index contributed by atoms with van der Waals surface area (Å²) < 4.78 is 1.86. The first-order valence-electron chi connectivity index (χ1n) is 6.57. The van der Waals surface area contributed by atoms with Gasteiger partial charge >= 0.3 is 0 Å². The van der Waals surface area contributed by atoms with Crippen molar-refractivity contribution in [2.24, 2.45) is 0 Å². The molecule has 0 amide bonds. The monoisotopic (exact) mass is 278 g/mol. The fourth-order valence-corrected chi connectivity index (χ4v) is 2.51. The van der Waals surface area contributed by atoms with Crippen molar-refractivity contribution in [3.8, 4) is 0 Å². The zero-order valence-corrected chi connectivity index (χ0v) is 11.8. The van der Waals surface area contributed by atoms with Crippen LogP contribution < -0.4 is 0 Å². The summed E-state index contributed by atoms with van der Waals surface area (Å²) in [7, 11) is 0. The Morgan fingerprint density at radius 2 is 2.00 bits per heavy atom. The minimum absolute atomic E-state index is 0.393. The summed E-state index contributed by atoms with van der Waals surface area (Å²) in [6.07, 6.45) is 5.12. The molecule has 0 fully saturated rings. The van der Waals surface area contributed by atoms with Crippen LogP contribution >= 0.6 is 11.6 Å². The topological polar surface area (TPSA) is 38.0 Å². The third kappa shape index (κ3) is 2.99. The molecule has 0 spiro atoms. The van der Waals surface area contributed by atoms with Crippen LogP contribution in [-0.2, 0) is 12.1 Å². The van der Waals surface area contributed by atoms with Crippen molar-refractivity contribution in [2.75, 3.05) is 5.88 Å². The number of alkyl halides is 1. The molecular weight excluding hydrogens is 260 g/mol. The van der Waals surface area contributed by atoms with Crippen molar-refractivity contribution in [1.29, 1.82) is 0 Å². The van der Waals surface area contributed by atoms with Gasteiger partial charge in [-0.1, -0.05) is 37.3 Å². The van der Waals surface area contributed by atoms with Gasteiger partial charge in [0.2, 0.25) is 0 Å². The van der Waals surface area contributed by atoms with Crippen molar-refractivity contribution in [2.45, 2.75) is 31.9 Å². The molecule has 0 aliphatic carbocycles. The van der Waals surface area contributed by atoms with Gasteiger partial charge in [0.25, 0.3) is 0 Å². The Kier molecular flexibility index (Phi) is 4.61. The first-order valence-corrected chi connectivity index (χ1v) is 7.11. The molecule has 1 aromatic carbocycles. The minimum atomic E-state index is -1.06. The van der Waals surface area contributed by atoms with Crippen molar-refractivity contribution >= 4 is 11.6 Å². The molecule has 3 nitrogen and oxygen atoms in total. The number of halogens is 1. The molecule has 0 aliphatic heterocycles. The standard InChI is InChI=1S/C15H19ClN2O/c1-2-10-18-12-14(11-17-18)15(19,8-9-16)13-6-4-3-5-7-13/h3-7,11-12,19H,2,8-10H2,1H3. The van der Waals surface area contributed by atoms with Crippen LogP contribution in [-0.4, -0.2) is 20.8 Å². The van der Waals surface area contributed by atoms with E-state index in [0.29, 0.717) is 12.3 Å². The molecule has 2 aromatic rings. The molecular formula is C15H19ClN2O. The van der Waals surface area contributed by atoms with Gasteiger partial charge in [0.15, 0.2) is 0 Å². The van der Waals surface area contributed by atoms with Gasteiger partial charge < -0.3 is 5.11 Å². The van der Waals surface area contributed by atoms with Gasteiger partial charge in [-0.15, -0.1) is 11.6 Å². The first kappa shape index (κ1) is 14.1. The van der Waals surface area contributed by atoms with Gasteiger partial charge in [-0.25, -0.2) is 0 Å². The zero-order valence-electron chi connectivity index (χ0n) is 11.1. The molecule has 1 heterocycles. The number of aliphatic hydroxyl groups is 1. The summed E-state index contributed by atoms with van der Waals surface area (Å²) in [6, 6.07) is 9.62. The van der Waals surface area contributed by atoms with Crippen LogP contribution in [0, 0.1) is 0 Å². The van der Waals surface area contributed by atoms with E-state index in [1.54, 1.807) is 6.20 Å². The van der Waals surface area contributed by atoms with Gasteiger partial charge in [-0.2, -0.15) is 5.10 Å². The van der Waals surface area contributed by atoms with E-state index in [2.05, 4.69) is 12.0 Å². The fourth-order valence-electron chi connectivity index (χ4n) is 2.23. The lowest BCUT2D eigenvalue weighted by Crippen LogP contribution is -2.27. The molecule has 1 atom stereocenters. The Bertz CT molecular complexity index is 512. The molecule has 19 heavy (non-hydrogen) atoms. The summed E-state index contributed by atoms with van der Waals surface area (Å²) in [4.78, 5) is 0. The van der Waals surface area contributed by atoms with Crippen molar-refractivity contribution in [1.82, 2.24) is 9.78 Å². The number of hydrogen-bond acceptors (Lipinski definition) is 2. The molecule has 1 unspecified atom stereocenters. The second-order valence-electron chi connectivity index (χ2n) is 4.66. The van der Waals surface area contributed by atoms with E-state index in [1.807, 2.05) is 41.2 Å². The highest BCUT2D eigenvalue weighted by molar-refractivity contribution is 6.17. The van der Waals surface area contributed by atoms with Crippen LogP contribution in [0.4, 0.5) is 0 Å². The smallest absolute Gasteiger partial charge is 0.119 e. The molecule has 102 valence electrons. The van der Waals surface area contributed by atoms with E-state index >= 15 is 0 Å². The molecule has 0 saturated heterocycles. The Labute approximate surface area is 118 Å². The third-order valence-corrected chi connectivity index (χ3v) is 3.46. The van der Waals surface area contributed by atoms with Crippen LogP contribution in [0.5, 0.6) is 0 Å². The van der Waals surface area contributed by atoms with E-state index in [0.717, 1.165) is 24.1 Å². The lowest BCUT2D eigenvalue weighted by atomic mass is 9.86. The number of benzene rings is 1. The highest BCUT2D eigenvalue weighted by Gasteiger charge is 2.32. The zero-order chi connectivity index (χ0) is 13.7. The quantitative estimate of drug-likeness (QED) is 0.824. The molecule has 1 aromatic heterocycles. The highest BCUT2D eigenvalue weighted by Crippen LogP contribution is 2.33. The lowest BCUT2D eigenvalue weighted by molar-refractivity contribution is 0.0774. The predicted octanol–water partition coefficient (Wildman–Crippen LogP) is 3.16. The summed E-state index contributed by atoms with van der Waals surface area (Å²) in [5, 5.41) is 15.3. The summed E-state index contributed by atoms with van der Waals surface area (Å²) >= 11 is 5.87. The second-order valence-corrected chi connectivity index (χ2v) is 5.04. The van der Waals surface area contributed by atoms with Crippen molar-refractivity contribution in [3.05, 3.63) is 53.9 Å². The summed E-state index contributed by atoms with van der Waals surface area (Å²) in [6.45, 7) is 2.95. The molecule has 2 rings (SSSR count).